The summed E-state index contributed by atoms with van der Waals surface area (Å²) in [6, 6.07) is 58.4. The molecule has 0 amide bonds. The van der Waals surface area contributed by atoms with Crippen LogP contribution in [0.15, 0.2) is 279 Å². The molecule has 0 saturated carbocycles. The van der Waals surface area contributed by atoms with Crippen molar-refractivity contribution in [2.45, 2.75) is 52.4 Å². The van der Waals surface area contributed by atoms with E-state index in [9.17, 15) is 13.7 Å². The number of benzene rings is 13. The van der Waals surface area contributed by atoms with Gasteiger partial charge in [-0.1, -0.05) is 30.3 Å². The van der Waals surface area contributed by atoms with E-state index in [1.807, 2.05) is 78.9 Å². The van der Waals surface area contributed by atoms with Gasteiger partial charge >= 0.3 is 539 Å². The first-order chi connectivity index (χ1) is 51.1. The van der Waals surface area contributed by atoms with Gasteiger partial charge in [0, 0.05) is 0 Å². The zero-order valence-electron chi connectivity index (χ0n) is 66.1. The van der Waals surface area contributed by atoms with Crippen LogP contribution in [0.25, 0.3) is 120 Å². The van der Waals surface area contributed by atoms with Crippen LogP contribution in [0.4, 0.5) is 17.1 Å². The van der Waals surface area contributed by atoms with Crippen LogP contribution < -0.4 is 30.2 Å². The van der Waals surface area contributed by atoms with Crippen molar-refractivity contribution in [1.82, 2.24) is 9.13 Å². The minimum absolute atomic E-state index is 0.00179. The van der Waals surface area contributed by atoms with E-state index < -0.39 is 70.0 Å². The molecule has 13 aromatic carbocycles. The van der Waals surface area contributed by atoms with Gasteiger partial charge in [-0.15, -0.1) is 0 Å². The molecule has 0 radical (unpaired) electrons. The predicted octanol–water partition coefficient (Wildman–Crippen LogP) is 19.8. The predicted molar refractivity (Wildman–Crippen MR) is 398 cm³/mol. The molecule has 0 N–H and O–H groups in total. The molecule has 0 bridgehead atoms. The van der Waals surface area contributed by atoms with E-state index in [4.69, 9.17) is 6.85 Å². The second-order valence-electron chi connectivity index (χ2n) is 26.1. The number of anilines is 3. The SMILES string of the molecule is [2H]c1c([2H])c([2H])c2c(c1[2H])c1c([2H])c([2H])c([2H])c([2H])c1n2-c1ccc2sc3ccc4c(c3c2c1)[Se]c1cc(-c2cc(C(C)(C)C)cc(C(C)(C)C)c2)cc2c1B4c1ccc(-n3c4c([2H])c([2H])c([2H])c([2H])c4c4c([2H])c([2H])c(-c5ccccc5)c([2H])c43)cc1N2c1c(-c2ccccc2)cccc1-c1ccccc1. The zero-order valence-corrected chi connectivity index (χ0v) is 53.7. The monoisotopic (exact) mass is 1280 g/mol. The molecule has 16 aromatic rings. The van der Waals surface area contributed by atoms with E-state index in [0.29, 0.717) is 16.9 Å². The normalized spacial score (nSPS) is 15.3. The minimum atomic E-state index is -0.515. The van der Waals surface area contributed by atoms with Gasteiger partial charge in [0.2, 0.25) is 0 Å². The Morgan fingerprint density at radius 2 is 0.924 bits per heavy atom. The molecule has 0 fully saturated rings. The molecule has 0 unspecified atom stereocenters. The van der Waals surface area contributed by atoms with Crippen molar-refractivity contribution < 1.29 is 20.6 Å². The topological polar surface area (TPSA) is 13.1 Å². The van der Waals surface area contributed by atoms with E-state index >= 15 is 0 Å². The molecule has 3 nitrogen and oxygen atoms in total. The molecule has 3 aromatic heterocycles. The fourth-order valence-electron chi connectivity index (χ4n) is 14.1. The summed E-state index contributed by atoms with van der Waals surface area (Å²) in [6.45, 7) is 13.0. The van der Waals surface area contributed by atoms with E-state index in [2.05, 4.69) is 144 Å². The van der Waals surface area contributed by atoms with Gasteiger partial charge in [0.05, 0.1) is 2.74 Å². The quantitative estimate of drug-likeness (QED) is 0.145. The Balaban J connectivity index is 0.997. The molecule has 5 heterocycles. The van der Waals surface area contributed by atoms with Gasteiger partial charge in [0.25, 0.3) is 0 Å². The van der Waals surface area contributed by atoms with Crippen LogP contribution in [0.2, 0.25) is 0 Å². The van der Waals surface area contributed by atoms with E-state index in [-0.39, 0.29) is 102 Å². The van der Waals surface area contributed by atoms with Crippen molar-refractivity contribution in [2.24, 2.45) is 0 Å². The number of fused-ring (bicyclic) bond motifs is 14. The molecular weight excluding hydrogens is 1200 g/mol. The van der Waals surface area contributed by atoms with E-state index in [1.165, 1.54) is 11.1 Å². The summed E-state index contributed by atoms with van der Waals surface area (Å²) >= 11 is 1.15. The number of hydrogen-bond acceptors (Lipinski definition) is 2. The Hall–Kier alpha value is -9.94. The third kappa shape index (κ3) is 8.61. The molecule has 0 saturated heterocycles. The standard InChI is InChI=1S/C86H64BN3SSe/c1-85(2,3)59-45-57(46-60(50-59)86(4,5)6)58-48-77-82-80(49-58)92-84-71(42-44-79-81(84)69-51-61(39-43-78(69)91-79)88-72-34-19-16-29-65(72)66-30-17-20-35-73(66)88)87(82)70-41-38-62(89-74-36-21-18-31-67(74)68-40-37-56(47-75(68)89)53-23-10-7-11-24-53)52-76(70)90(77)83-63(54-25-12-8-13-26-54)32-22-33-64(83)55-27-14-9-15-28-55/h7-52H,1-6H3/i16D,17D,18D,19D,20D,21D,29D,30D,31D,34D,35D,36D,37D,40D,47D. The molecule has 438 valence electrons. The first-order valence-electron chi connectivity index (χ1n) is 38.4. The molecule has 92 heavy (non-hydrogen) atoms. The summed E-state index contributed by atoms with van der Waals surface area (Å²) in [5.74, 6) is 0. The van der Waals surface area contributed by atoms with Gasteiger partial charge in [-0.05, 0) is 0 Å². The average Bonchev–Trinajstić information content (AvgIpc) is 1.65. The molecule has 0 aliphatic carbocycles. The molecule has 18 rings (SSSR count). The summed E-state index contributed by atoms with van der Waals surface area (Å²) in [6.07, 6.45) is 0. The summed E-state index contributed by atoms with van der Waals surface area (Å²) in [7, 11) is 0. The van der Waals surface area contributed by atoms with Crippen LogP contribution in [-0.2, 0) is 10.8 Å². The fourth-order valence-corrected chi connectivity index (χ4v) is 18.2. The van der Waals surface area contributed by atoms with Crippen LogP contribution in [0.1, 0.15) is 73.2 Å². The van der Waals surface area contributed by atoms with Crippen molar-refractivity contribution in [3.63, 3.8) is 0 Å². The van der Waals surface area contributed by atoms with Crippen LogP contribution in [0, 0.1) is 0 Å². The number of aromatic nitrogens is 2. The first-order valence-corrected chi connectivity index (χ1v) is 33.5. The summed E-state index contributed by atoms with van der Waals surface area (Å²) in [4.78, 5) is 2.40. The summed E-state index contributed by atoms with van der Waals surface area (Å²) in [5, 5.41) is 1.93. The van der Waals surface area contributed by atoms with E-state index in [1.54, 1.807) is 32.6 Å². The number of rotatable bonds is 7. The van der Waals surface area contributed by atoms with Crippen molar-refractivity contribution in [3.8, 4) is 55.9 Å². The molecular formula is C86H64BN3SSe. The maximum atomic E-state index is 10.4. The second kappa shape index (κ2) is 20.8. The summed E-state index contributed by atoms with van der Waals surface area (Å²) in [5.41, 5.74) is 15.0. The van der Waals surface area contributed by atoms with Crippen molar-refractivity contribution in [1.29, 1.82) is 0 Å². The fraction of sp³-hybridized carbons (Fsp3) is 0.0930. The van der Waals surface area contributed by atoms with Crippen molar-refractivity contribution in [3.05, 3.63) is 290 Å². The molecule has 2 aliphatic heterocycles. The third-order valence-corrected chi connectivity index (χ3v) is 22.2. The van der Waals surface area contributed by atoms with Crippen LogP contribution in [0.5, 0.6) is 0 Å². The molecule has 0 atom stereocenters. The Morgan fingerprint density at radius 1 is 0.402 bits per heavy atom. The maximum absolute atomic E-state index is 10.4. The zero-order chi connectivity index (χ0) is 74.8. The van der Waals surface area contributed by atoms with Crippen molar-refractivity contribution >= 4 is 139 Å². The average molecular weight is 1280 g/mol. The van der Waals surface area contributed by atoms with Gasteiger partial charge in [-0.25, -0.2) is 0 Å². The van der Waals surface area contributed by atoms with Gasteiger partial charge in [0.1, 0.15) is 0 Å². The van der Waals surface area contributed by atoms with Gasteiger partial charge in [0.15, 0.2) is 0 Å². The Kier molecular flexibility index (Phi) is 9.37. The van der Waals surface area contributed by atoms with Crippen LogP contribution in [-0.4, -0.2) is 30.8 Å². The van der Waals surface area contributed by atoms with Gasteiger partial charge < -0.3 is 0 Å². The van der Waals surface area contributed by atoms with Gasteiger partial charge in [-0.2, -0.15) is 0 Å². The Bertz CT molecular complexity index is 6470. The second-order valence-corrected chi connectivity index (χ2v) is 29.4. The Morgan fingerprint density at radius 3 is 1.53 bits per heavy atom. The molecule has 6 heteroatoms. The number of nitrogens with zero attached hydrogens (tertiary/aromatic N) is 3. The number of thiophene rings is 1. The number of para-hydroxylation sites is 4. The van der Waals surface area contributed by atoms with Crippen LogP contribution >= 0.6 is 11.3 Å². The van der Waals surface area contributed by atoms with Crippen molar-refractivity contribution in [2.75, 3.05) is 4.90 Å². The number of hydrogen-bond donors (Lipinski definition) is 0. The third-order valence-electron chi connectivity index (χ3n) is 18.5. The first kappa shape index (κ1) is 41.4. The molecule has 0 spiro atoms. The molecule has 2 aliphatic rings. The Labute approximate surface area is 568 Å². The van der Waals surface area contributed by atoms with Crippen LogP contribution in [0.3, 0.4) is 0 Å². The summed E-state index contributed by atoms with van der Waals surface area (Å²) < 4.78 is 148. The van der Waals surface area contributed by atoms with Gasteiger partial charge in [-0.3, -0.25) is 0 Å². The van der Waals surface area contributed by atoms with E-state index in [0.717, 1.165) is 95.9 Å².